The molecular formula is C18H16ClF2N3O3. The summed E-state index contributed by atoms with van der Waals surface area (Å²) < 4.78 is 26.4. The summed E-state index contributed by atoms with van der Waals surface area (Å²) >= 11 is 5.75. The monoisotopic (exact) mass is 395 g/mol. The maximum atomic E-state index is 13.4. The Kier molecular flexibility index (Phi) is 5.55. The maximum Gasteiger partial charge on any atom is 0.283 e. The number of hydrogen-bond acceptors (Lipinski definition) is 4. The number of hydrogen-bond donors (Lipinski definition) is 1. The number of carbonyl (C=O) groups is 1. The van der Waals surface area contributed by atoms with Crippen molar-refractivity contribution in [3.8, 4) is 0 Å². The van der Waals surface area contributed by atoms with E-state index in [-0.39, 0.29) is 22.2 Å². The molecule has 1 fully saturated rings. The maximum absolute atomic E-state index is 13.4. The van der Waals surface area contributed by atoms with Crippen molar-refractivity contribution in [3.63, 3.8) is 0 Å². The van der Waals surface area contributed by atoms with Crippen LogP contribution in [0.1, 0.15) is 16.8 Å². The van der Waals surface area contributed by atoms with E-state index in [0.29, 0.717) is 25.3 Å². The van der Waals surface area contributed by atoms with Gasteiger partial charge in [0.2, 0.25) is 0 Å². The molecule has 0 bridgehead atoms. The van der Waals surface area contributed by atoms with Crippen LogP contribution in [0.5, 0.6) is 0 Å². The number of rotatable bonds is 5. The highest BCUT2D eigenvalue weighted by atomic mass is 35.5. The van der Waals surface area contributed by atoms with E-state index in [2.05, 4.69) is 5.32 Å². The van der Waals surface area contributed by atoms with Gasteiger partial charge in [-0.2, -0.15) is 0 Å². The number of amides is 1. The lowest BCUT2D eigenvalue weighted by atomic mass is 10.1. The Morgan fingerprint density at radius 3 is 2.74 bits per heavy atom. The topological polar surface area (TPSA) is 75.5 Å². The smallest absolute Gasteiger partial charge is 0.283 e. The first kappa shape index (κ1) is 19.0. The Balaban J connectivity index is 1.60. The molecule has 1 amide bonds. The SMILES string of the molecule is O=C(NCC1CCN(c2ccc(F)c(F)c2)C1)c1ccc(Cl)cc1[N+](=O)[O-]. The molecule has 1 unspecified atom stereocenters. The van der Waals surface area contributed by atoms with E-state index in [1.54, 1.807) is 0 Å². The standard InChI is InChI=1S/C18H16ClF2N3O3/c19-12-1-3-14(17(7-12)24(26)27)18(25)22-9-11-5-6-23(10-11)13-2-4-15(20)16(21)8-13/h1-4,7-8,11H,5-6,9-10H2,(H,22,25). The van der Waals surface area contributed by atoms with Crippen LogP contribution in [0.3, 0.4) is 0 Å². The zero-order chi connectivity index (χ0) is 19.6. The van der Waals surface area contributed by atoms with Gasteiger partial charge in [-0.1, -0.05) is 11.6 Å². The van der Waals surface area contributed by atoms with Gasteiger partial charge in [0.05, 0.1) is 4.92 Å². The molecule has 2 aromatic carbocycles. The highest BCUT2D eigenvalue weighted by Gasteiger charge is 2.25. The highest BCUT2D eigenvalue weighted by Crippen LogP contribution is 2.26. The van der Waals surface area contributed by atoms with Crippen molar-refractivity contribution in [3.05, 3.63) is 68.7 Å². The fourth-order valence-corrected chi connectivity index (χ4v) is 3.26. The second kappa shape index (κ2) is 7.87. The van der Waals surface area contributed by atoms with Crippen LogP contribution in [0.15, 0.2) is 36.4 Å². The second-order valence-corrected chi connectivity index (χ2v) is 6.76. The van der Waals surface area contributed by atoms with Crippen molar-refractivity contribution in [1.82, 2.24) is 5.32 Å². The largest absolute Gasteiger partial charge is 0.371 e. The number of nitrogens with one attached hydrogen (secondary N) is 1. The van der Waals surface area contributed by atoms with Crippen molar-refractivity contribution in [2.45, 2.75) is 6.42 Å². The van der Waals surface area contributed by atoms with E-state index in [1.165, 1.54) is 18.2 Å². The van der Waals surface area contributed by atoms with Crippen LogP contribution < -0.4 is 10.2 Å². The van der Waals surface area contributed by atoms with E-state index in [0.717, 1.165) is 24.6 Å². The first-order valence-electron chi connectivity index (χ1n) is 8.27. The molecule has 1 aliphatic rings. The van der Waals surface area contributed by atoms with Crippen LogP contribution >= 0.6 is 11.6 Å². The molecule has 142 valence electrons. The molecule has 0 saturated carbocycles. The fourth-order valence-electron chi connectivity index (χ4n) is 3.10. The van der Waals surface area contributed by atoms with E-state index in [1.807, 2.05) is 4.90 Å². The fraction of sp³-hybridized carbons (Fsp3) is 0.278. The number of nitrogens with zero attached hydrogens (tertiary/aromatic N) is 2. The van der Waals surface area contributed by atoms with Gasteiger partial charge < -0.3 is 10.2 Å². The Bertz CT molecular complexity index is 894. The number of anilines is 1. The molecule has 6 nitrogen and oxygen atoms in total. The van der Waals surface area contributed by atoms with Crippen LogP contribution in [0.2, 0.25) is 5.02 Å². The minimum Gasteiger partial charge on any atom is -0.371 e. The molecule has 1 aliphatic heterocycles. The van der Waals surface area contributed by atoms with Crippen LogP contribution in [-0.4, -0.2) is 30.5 Å². The van der Waals surface area contributed by atoms with Crippen LogP contribution in [0, 0.1) is 27.7 Å². The second-order valence-electron chi connectivity index (χ2n) is 6.33. The minimum absolute atomic E-state index is 0.0557. The van der Waals surface area contributed by atoms with Gasteiger partial charge in [0.15, 0.2) is 11.6 Å². The van der Waals surface area contributed by atoms with Gasteiger partial charge in [0.25, 0.3) is 11.6 Å². The summed E-state index contributed by atoms with van der Waals surface area (Å²) in [5.74, 6) is -2.26. The average molecular weight is 396 g/mol. The summed E-state index contributed by atoms with van der Waals surface area (Å²) in [4.78, 5) is 24.7. The normalized spacial score (nSPS) is 16.4. The number of benzene rings is 2. The first-order chi connectivity index (χ1) is 12.8. The Hall–Kier alpha value is -2.74. The summed E-state index contributed by atoms with van der Waals surface area (Å²) in [5, 5.41) is 14.0. The lowest BCUT2D eigenvalue weighted by Crippen LogP contribution is -2.31. The molecule has 3 rings (SSSR count). The minimum atomic E-state index is -0.903. The molecule has 0 radical (unpaired) electrons. The van der Waals surface area contributed by atoms with E-state index >= 15 is 0 Å². The van der Waals surface area contributed by atoms with Gasteiger partial charge in [-0.15, -0.1) is 0 Å². The van der Waals surface area contributed by atoms with Crippen molar-refractivity contribution in [2.24, 2.45) is 5.92 Å². The lowest BCUT2D eigenvalue weighted by Gasteiger charge is -2.19. The van der Waals surface area contributed by atoms with Crippen molar-refractivity contribution < 1.29 is 18.5 Å². The number of nitro benzene ring substituents is 1. The molecule has 1 N–H and O–H groups in total. The molecule has 0 spiro atoms. The highest BCUT2D eigenvalue weighted by molar-refractivity contribution is 6.31. The molecule has 27 heavy (non-hydrogen) atoms. The van der Waals surface area contributed by atoms with Crippen molar-refractivity contribution in [1.29, 1.82) is 0 Å². The van der Waals surface area contributed by atoms with Gasteiger partial charge in [-0.3, -0.25) is 14.9 Å². The molecule has 0 aliphatic carbocycles. The summed E-state index contributed by atoms with van der Waals surface area (Å²) in [5.41, 5.74) is 0.172. The summed E-state index contributed by atoms with van der Waals surface area (Å²) in [7, 11) is 0. The third-order valence-corrected chi connectivity index (χ3v) is 4.74. The Labute approximate surface area is 158 Å². The lowest BCUT2D eigenvalue weighted by molar-refractivity contribution is -0.385. The Morgan fingerprint density at radius 2 is 2.04 bits per heavy atom. The van der Waals surface area contributed by atoms with Gasteiger partial charge in [-0.05, 0) is 36.6 Å². The molecular weight excluding hydrogens is 380 g/mol. The Morgan fingerprint density at radius 1 is 1.26 bits per heavy atom. The molecule has 1 atom stereocenters. The van der Waals surface area contributed by atoms with Gasteiger partial charge in [0.1, 0.15) is 5.56 Å². The van der Waals surface area contributed by atoms with E-state index < -0.39 is 22.5 Å². The molecule has 0 aromatic heterocycles. The van der Waals surface area contributed by atoms with Gasteiger partial charge >= 0.3 is 0 Å². The zero-order valence-electron chi connectivity index (χ0n) is 14.1. The van der Waals surface area contributed by atoms with Crippen molar-refractivity contribution >= 4 is 28.9 Å². The van der Waals surface area contributed by atoms with Crippen LogP contribution in [-0.2, 0) is 0 Å². The quantitative estimate of drug-likeness (QED) is 0.617. The molecule has 1 heterocycles. The average Bonchev–Trinajstić information content (AvgIpc) is 3.11. The molecule has 2 aromatic rings. The summed E-state index contributed by atoms with van der Waals surface area (Å²) in [6.07, 6.45) is 0.752. The van der Waals surface area contributed by atoms with E-state index in [4.69, 9.17) is 11.6 Å². The third-order valence-electron chi connectivity index (χ3n) is 4.51. The third kappa shape index (κ3) is 4.33. The zero-order valence-corrected chi connectivity index (χ0v) is 14.9. The molecule has 9 heteroatoms. The van der Waals surface area contributed by atoms with E-state index in [9.17, 15) is 23.7 Å². The summed E-state index contributed by atoms with van der Waals surface area (Å²) in [6, 6.07) is 7.61. The summed E-state index contributed by atoms with van der Waals surface area (Å²) in [6.45, 7) is 1.53. The predicted octanol–water partition coefficient (Wildman–Crippen LogP) is 3.78. The van der Waals surface area contributed by atoms with Crippen LogP contribution in [0.25, 0.3) is 0 Å². The predicted molar refractivity (Wildman–Crippen MR) is 97.1 cm³/mol. The van der Waals surface area contributed by atoms with Gasteiger partial charge in [0, 0.05) is 42.5 Å². The number of nitro groups is 1. The number of halogens is 3. The molecule has 1 saturated heterocycles. The number of carbonyl (C=O) groups excluding carboxylic acids is 1. The van der Waals surface area contributed by atoms with Crippen LogP contribution in [0.4, 0.5) is 20.2 Å². The first-order valence-corrected chi connectivity index (χ1v) is 8.65. The van der Waals surface area contributed by atoms with Gasteiger partial charge in [-0.25, -0.2) is 8.78 Å². The van der Waals surface area contributed by atoms with Crippen molar-refractivity contribution in [2.75, 3.05) is 24.5 Å².